The zero-order valence-electron chi connectivity index (χ0n) is 8.40. The van der Waals surface area contributed by atoms with Crippen molar-refractivity contribution in [3.8, 4) is 0 Å². The molecule has 0 aliphatic rings. The maximum Gasteiger partial charge on any atom is 0.188 e. The second kappa shape index (κ2) is 5.96. The van der Waals surface area contributed by atoms with Crippen molar-refractivity contribution in [3.63, 3.8) is 0 Å². The van der Waals surface area contributed by atoms with E-state index in [1.165, 1.54) is 0 Å². The van der Waals surface area contributed by atoms with Crippen molar-refractivity contribution in [1.82, 2.24) is 10.3 Å². The molecule has 0 aliphatic carbocycles. The van der Waals surface area contributed by atoms with Crippen LogP contribution in [0.3, 0.4) is 0 Å². The Morgan fingerprint density at radius 2 is 2.50 bits per heavy atom. The number of pyridine rings is 1. The van der Waals surface area contributed by atoms with Crippen LogP contribution in [0.25, 0.3) is 0 Å². The SMILES string of the molecule is CCCNC(N)=NCc1cccnc1. The summed E-state index contributed by atoms with van der Waals surface area (Å²) in [6.07, 6.45) is 4.58. The van der Waals surface area contributed by atoms with Gasteiger partial charge in [-0.15, -0.1) is 0 Å². The Labute approximate surface area is 84.3 Å². The summed E-state index contributed by atoms with van der Waals surface area (Å²) in [5.41, 5.74) is 6.69. The lowest BCUT2D eigenvalue weighted by Crippen LogP contribution is -2.32. The first kappa shape index (κ1) is 10.5. The maximum absolute atomic E-state index is 5.63. The third-order valence-corrected chi connectivity index (χ3v) is 1.71. The first-order valence-corrected chi connectivity index (χ1v) is 4.75. The molecule has 4 nitrogen and oxygen atoms in total. The molecule has 0 atom stereocenters. The number of guanidine groups is 1. The van der Waals surface area contributed by atoms with Crippen molar-refractivity contribution in [2.24, 2.45) is 10.7 Å². The molecule has 0 fully saturated rings. The molecule has 4 heteroatoms. The lowest BCUT2D eigenvalue weighted by atomic mass is 10.3. The molecule has 0 saturated carbocycles. The number of nitrogens with two attached hydrogens (primary N) is 1. The van der Waals surface area contributed by atoms with E-state index in [9.17, 15) is 0 Å². The summed E-state index contributed by atoms with van der Waals surface area (Å²) in [7, 11) is 0. The molecule has 0 radical (unpaired) electrons. The van der Waals surface area contributed by atoms with Crippen molar-refractivity contribution in [2.45, 2.75) is 19.9 Å². The Morgan fingerprint density at radius 1 is 1.64 bits per heavy atom. The Bertz CT molecular complexity index is 281. The summed E-state index contributed by atoms with van der Waals surface area (Å²) >= 11 is 0. The van der Waals surface area contributed by atoms with E-state index in [2.05, 4.69) is 22.2 Å². The molecule has 0 aromatic carbocycles. The van der Waals surface area contributed by atoms with Crippen LogP contribution in [-0.4, -0.2) is 17.5 Å². The van der Waals surface area contributed by atoms with Crippen molar-refractivity contribution in [2.75, 3.05) is 6.54 Å². The van der Waals surface area contributed by atoms with Crippen LogP contribution in [0.2, 0.25) is 0 Å². The fourth-order valence-corrected chi connectivity index (χ4v) is 0.977. The second-order valence-corrected chi connectivity index (χ2v) is 2.99. The molecule has 76 valence electrons. The van der Waals surface area contributed by atoms with Gasteiger partial charge < -0.3 is 11.1 Å². The van der Waals surface area contributed by atoms with Crippen LogP contribution in [0, 0.1) is 0 Å². The highest BCUT2D eigenvalue weighted by Gasteiger charge is 1.91. The van der Waals surface area contributed by atoms with Gasteiger partial charge in [0.15, 0.2) is 5.96 Å². The summed E-state index contributed by atoms with van der Waals surface area (Å²) in [6.45, 7) is 3.53. The molecule has 14 heavy (non-hydrogen) atoms. The lowest BCUT2D eigenvalue weighted by molar-refractivity contribution is 0.825. The predicted octanol–water partition coefficient (Wildman–Crippen LogP) is 0.896. The van der Waals surface area contributed by atoms with Gasteiger partial charge in [0.05, 0.1) is 6.54 Å². The molecule has 0 amide bonds. The van der Waals surface area contributed by atoms with Crippen molar-refractivity contribution in [3.05, 3.63) is 30.1 Å². The molecule has 0 bridgehead atoms. The largest absolute Gasteiger partial charge is 0.370 e. The van der Waals surface area contributed by atoms with Gasteiger partial charge in [0.25, 0.3) is 0 Å². The second-order valence-electron chi connectivity index (χ2n) is 2.99. The number of hydrogen-bond acceptors (Lipinski definition) is 2. The van der Waals surface area contributed by atoms with Gasteiger partial charge in [-0.2, -0.15) is 0 Å². The highest BCUT2D eigenvalue weighted by molar-refractivity contribution is 5.77. The van der Waals surface area contributed by atoms with Gasteiger partial charge in [0.1, 0.15) is 0 Å². The molecule has 1 heterocycles. The number of nitrogens with zero attached hydrogens (tertiary/aromatic N) is 2. The molecule has 0 aliphatic heterocycles. The predicted molar refractivity (Wildman–Crippen MR) is 57.9 cm³/mol. The number of rotatable bonds is 4. The van der Waals surface area contributed by atoms with Crippen LogP contribution in [0.15, 0.2) is 29.5 Å². The van der Waals surface area contributed by atoms with Gasteiger partial charge in [-0.3, -0.25) is 4.98 Å². The summed E-state index contributed by atoms with van der Waals surface area (Å²) in [4.78, 5) is 8.17. The van der Waals surface area contributed by atoms with Crippen molar-refractivity contribution >= 4 is 5.96 Å². The van der Waals surface area contributed by atoms with Crippen LogP contribution in [0.4, 0.5) is 0 Å². The first-order chi connectivity index (χ1) is 6.83. The number of nitrogens with one attached hydrogen (secondary N) is 1. The zero-order valence-corrected chi connectivity index (χ0v) is 8.40. The molecule has 1 aromatic heterocycles. The van der Waals surface area contributed by atoms with E-state index >= 15 is 0 Å². The molecule has 3 N–H and O–H groups in total. The van der Waals surface area contributed by atoms with Gasteiger partial charge in [-0.05, 0) is 18.1 Å². The minimum absolute atomic E-state index is 0.496. The van der Waals surface area contributed by atoms with Crippen molar-refractivity contribution in [1.29, 1.82) is 0 Å². The molecule has 0 saturated heterocycles. The molecular formula is C10H16N4. The maximum atomic E-state index is 5.63. The smallest absolute Gasteiger partial charge is 0.188 e. The van der Waals surface area contributed by atoms with Gasteiger partial charge in [-0.1, -0.05) is 13.0 Å². The van der Waals surface area contributed by atoms with Crippen LogP contribution < -0.4 is 11.1 Å². The summed E-state index contributed by atoms with van der Waals surface area (Å²) in [6, 6.07) is 3.87. The standard InChI is InChI=1S/C10H16N4/c1-2-5-13-10(11)14-8-9-4-3-6-12-7-9/h3-4,6-7H,2,5,8H2,1H3,(H3,11,13,14). The van der Waals surface area contributed by atoms with Crippen LogP contribution in [0.5, 0.6) is 0 Å². The van der Waals surface area contributed by atoms with Crippen LogP contribution >= 0.6 is 0 Å². The van der Waals surface area contributed by atoms with E-state index in [4.69, 9.17) is 5.73 Å². The number of aromatic nitrogens is 1. The van der Waals surface area contributed by atoms with E-state index in [1.54, 1.807) is 12.4 Å². The van der Waals surface area contributed by atoms with Gasteiger partial charge in [0.2, 0.25) is 0 Å². The Morgan fingerprint density at radius 3 is 3.14 bits per heavy atom. The lowest BCUT2D eigenvalue weighted by Gasteiger charge is -2.02. The zero-order chi connectivity index (χ0) is 10.2. The molecule has 1 rings (SSSR count). The number of aliphatic imine (C=N–C) groups is 1. The average Bonchev–Trinajstić information content (AvgIpc) is 2.25. The van der Waals surface area contributed by atoms with Gasteiger partial charge in [-0.25, -0.2) is 4.99 Å². The fourth-order valence-electron chi connectivity index (χ4n) is 0.977. The molecular weight excluding hydrogens is 176 g/mol. The van der Waals surface area contributed by atoms with Gasteiger partial charge in [0, 0.05) is 18.9 Å². The minimum Gasteiger partial charge on any atom is -0.370 e. The van der Waals surface area contributed by atoms with E-state index in [0.29, 0.717) is 12.5 Å². The van der Waals surface area contributed by atoms with Crippen LogP contribution in [0.1, 0.15) is 18.9 Å². The third-order valence-electron chi connectivity index (χ3n) is 1.71. The monoisotopic (exact) mass is 192 g/mol. The third kappa shape index (κ3) is 3.89. The quantitative estimate of drug-likeness (QED) is 0.550. The van der Waals surface area contributed by atoms with Crippen LogP contribution in [-0.2, 0) is 6.54 Å². The van der Waals surface area contributed by atoms with E-state index in [1.807, 2.05) is 12.1 Å². The Balaban J connectivity index is 2.39. The van der Waals surface area contributed by atoms with Crippen molar-refractivity contribution < 1.29 is 0 Å². The normalized spacial score (nSPS) is 11.4. The summed E-state index contributed by atoms with van der Waals surface area (Å²) < 4.78 is 0. The van der Waals surface area contributed by atoms with E-state index < -0.39 is 0 Å². The fraction of sp³-hybridized carbons (Fsp3) is 0.400. The minimum atomic E-state index is 0.496. The van der Waals surface area contributed by atoms with Gasteiger partial charge >= 0.3 is 0 Å². The van der Waals surface area contributed by atoms with E-state index in [0.717, 1.165) is 18.5 Å². The topological polar surface area (TPSA) is 63.3 Å². The average molecular weight is 192 g/mol. The highest BCUT2D eigenvalue weighted by atomic mass is 15.1. The molecule has 0 unspecified atom stereocenters. The Kier molecular flexibility index (Phi) is 4.47. The first-order valence-electron chi connectivity index (χ1n) is 4.75. The Hall–Kier alpha value is -1.58. The molecule has 1 aromatic rings. The summed E-state index contributed by atoms with van der Waals surface area (Å²) in [5.74, 6) is 0.496. The highest BCUT2D eigenvalue weighted by Crippen LogP contribution is 1.96. The van der Waals surface area contributed by atoms with E-state index in [-0.39, 0.29) is 0 Å². The summed E-state index contributed by atoms with van der Waals surface area (Å²) in [5, 5.41) is 3.01. The number of hydrogen-bond donors (Lipinski definition) is 2. The molecule has 0 spiro atoms.